The van der Waals surface area contributed by atoms with Crippen LogP contribution in [0.4, 0.5) is 4.39 Å². The molecule has 0 radical (unpaired) electrons. The van der Waals surface area contributed by atoms with Crippen LogP contribution in [-0.2, 0) is 16.0 Å². The Labute approximate surface area is 155 Å². The Morgan fingerprint density at radius 2 is 1.85 bits per heavy atom. The van der Waals surface area contributed by atoms with E-state index >= 15 is 0 Å². The average molecular weight is 357 g/mol. The molecule has 2 atom stereocenters. The number of hydrogen-bond acceptors (Lipinski definition) is 3. The summed E-state index contributed by atoms with van der Waals surface area (Å²) in [5.74, 6) is -0.682. The van der Waals surface area contributed by atoms with E-state index in [4.69, 9.17) is 10.5 Å². The van der Waals surface area contributed by atoms with Crippen LogP contribution in [-0.4, -0.2) is 12.5 Å². The van der Waals surface area contributed by atoms with Crippen LogP contribution in [0.25, 0.3) is 0 Å². The minimum atomic E-state index is -0.483. The highest BCUT2D eigenvalue weighted by Gasteiger charge is 2.33. The van der Waals surface area contributed by atoms with Crippen LogP contribution >= 0.6 is 0 Å². The lowest BCUT2D eigenvalue weighted by Gasteiger charge is -2.27. The zero-order valence-corrected chi connectivity index (χ0v) is 15.8. The number of esters is 1. The van der Waals surface area contributed by atoms with Crippen molar-refractivity contribution in [2.24, 2.45) is 5.73 Å². The molecular formula is C22H28FNO2. The Kier molecular flexibility index (Phi) is 7.34. The fourth-order valence-corrected chi connectivity index (χ4v) is 3.60. The molecule has 140 valence electrons. The number of carbonyl (C=O) groups is 1. The molecule has 2 unspecified atom stereocenters. The number of carbonyl (C=O) groups excluding carboxylic acids is 1. The van der Waals surface area contributed by atoms with Crippen LogP contribution in [0, 0.1) is 5.82 Å². The van der Waals surface area contributed by atoms with Crippen LogP contribution in [0.3, 0.4) is 0 Å². The van der Waals surface area contributed by atoms with Gasteiger partial charge in [0.2, 0.25) is 0 Å². The highest BCUT2D eigenvalue weighted by atomic mass is 19.1. The van der Waals surface area contributed by atoms with E-state index in [2.05, 4.69) is 12.1 Å². The van der Waals surface area contributed by atoms with E-state index in [0.29, 0.717) is 13.0 Å². The molecule has 0 spiro atoms. The highest BCUT2D eigenvalue weighted by Crippen LogP contribution is 2.44. The van der Waals surface area contributed by atoms with Crippen molar-refractivity contribution in [2.75, 3.05) is 6.54 Å². The second kappa shape index (κ2) is 9.48. The van der Waals surface area contributed by atoms with Crippen molar-refractivity contribution in [2.45, 2.75) is 52.1 Å². The molecule has 2 aromatic carbocycles. The summed E-state index contributed by atoms with van der Waals surface area (Å²) in [6, 6.07) is 12.9. The first-order valence-electron chi connectivity index (χ1n) is 9.33. The van der Waals surface area contributed by atoms with Crippen molar-refractivity contribution in [1.29, 1.82) is 0 Å². The molecule has 2 aromatic rings. The number of nitrogens with two attached hydrogens (primary N) is 1. The molecule has 2 N–H and O–H groups in total. The third-order valence-electron chi connectivity index (χ3n) is 4.63. The molecule has 1 aliphatic rings. The number of benzene rings is 2. The maximum atomic E-state index is 13.9. The van der Waals surface area contributed by atoms with Crippen molar-refractivity contribution in [3.05, 3.63) is 70.5 Å². The summed E-state index contributed by atoms with van der Waals surface area (Å²) >= 11 is 0. The third kappa shape index (κ3) is 4.50. The van der Waals surface area contributed by atoms with Crippen LogP contribution in [0.5, 0.6) is 0 Å². The van der Waals surface area contributed by atoms with Crippen LogP contribution in [0.1, 0.15) is 67.9 Å². The minimum absolute atomic E-state index is 0.0169. The van der Waals surface area contributed by atoms with E-state index in [-0.39, 0.29) is 17.7 Å². The van der Waals surface area contributed by atoms with Crippen molar-refractivity contribution >= 4 is 5.97 Å². The van der Waals surface area contributed by atoms with E-state index in [9.17, 15) is 9.18 Å². The number of rotatable bonds is 4. The van der Waals surface area contributed by atoms with Gasteiger partial charge < -0.3 is 10.5 Å². The van der Waals surface area contributed by atoms with Gasteiger partial charge in [0, 0.05) is 12.8 Å². The molecule has 0 aromatic heterocycles. The van der Waals surface area contributed by atoms with Gasteiger partial charge in [-0.1, -0.05) is 44.2 Å². The lowest BCUT2D eigenvalue weighted by atomic mass is 9.85. The molecular weight excluding hydrogens is 329 g/mol. The standard InChI is InChI=1S/C20H22FNO2.C2H6/c1-13(23)24-20-18(7-4-10-22)17-6-3-2-5-14(17)11-15-8-9-16(21)12-19(15)20;1-2/h2-3,5-6,8-9,12,18,20H,4,7,10-11,22H2,1H3;1-2H3. The van der Waals surface area contributed by atoms with Crippen LogP contribution in [0.15, 0.2) is 42.5 Å². The van der Waals surface area contributed by atoms with Gasteiger partial charge in [-0.2, -0.15) is 0 Å². The van der Waals surface area contributed by atoms with Gasteiger partial charge in [0.05, 0.1) is 0 Å². The van der Waals surface area contributed by atoms with Gasteiger partial charge in [0.15, 0.2) is 0 Å². The minimum Gasteiger partial charge on any atom is -0.457 e. The number of fused-ring (bicyclic) bond motifs is 2. The van der Waals surface area contributed by atoms with Gasteiger partial charge in [-0.15, -0.1) is 0 Å². The van der Waals surface area contributed by atoms with Crippen molar-refractivity contribution in [3.63, 3.8) is 0 Å². The average Bonchev–Trinajstić information content (AvgIpc) is 2.76. The van der Waals surface area contributed by atoms with Gasteiger partial charge in [-0.05, 0) is 60.2 Å². The zero-order chi connectivity index (χ0) is 19.1. The Hall–Kier alpha value is -2.20. The quantitative estimate of drug-likeness (QED) is 0.793. The van der Waals surface area contributed by atoms with E-state index < -0.39 is 6.10 Å². The summed E-state index contributed by atoms with van der Waals surface area (Å²) < 4.78 is 19.6. The molecule has 0 aliphatic heterocycles. The maximum Gasteiger partial charge on any atom is 0.303 e. The Bertz CT molecular complexity index is 745. The van der Waals surface area contributed by atoms with Gasteiger partial charge in [0.25, 0.3) is 0 Å². The molecule has 3 nitrogen and oxygen atoms in total. The first-order chi connectivity index (χ1) is 12.6. The SMILES string of the molecule is CC.CC(=O)OC1c2cc(F)ccc2Cc2ccccc2C1CCCN. The van der Waals surface area contributed by atoms with Crippen LogP contribution in [0.2, 0.25) is 0 Å². The van der Waals surface area contributed by atoms with E-state index in [1.54, 1.807) is 6.07 Å². The molecule has 0 heterocycles. The summed E-state index contributed by atoms with van der Waals surface area (Å²) in [5.41, 5.74) is 9.83. The largest absolute Gasteiger partial charge is 0.457 e. The second-order valence-corrected chi connectivity index (χ2v) is 6.29. The third-order valence-corrected chi connectivity index (χ3v) is 4.63. The molecule has 0 saturated heterocycles. The van der Waals surface area contributed by atoms with Crippen molar-refractivity contribution in [1.82, 2.24) is 0 Å². The summed E-state index contributed by atoms with van der Waals surface area (Å²) in [7, 11) is 0. The first kappa shape index (κ1) is 20.1. The van der Waals surface area contributed by atoms with Crippen LogP contribution < -0.4 is 5.73 Å². The summed E-state index contributed by atoms with van der Waals surface area (Å²) in [5, 5.41) is 0. The molecule has 0 amide bonds. The molecule has 0 fully saturated rings. The summed E-state index contributed by atoms with van der Waals surface area (Å²) in [6.07, 6.45) is 1.84. The number of halogens is 1. The first-order valence-corrected chi connectivity index (χ1v) is 9.33. The molecule has 3 rings (SSSR count). The Balaban J connectivity index is 0.00000117. The summed E-state index contributed by atoms with van der Waals surface area (Å²) in [6.45, 7) is 5.97. The maximum absolute atomic E-state index is 13.9. The lowest BCUT2D eigenvalue weighted by Crippen LogP contribution is -2.19. The highest BCUT2D eigenvalue weighted by molar-refractivity contribution is 5.66. The number of ether oxygens (including phenoxy) is 1. The van der Waals surface area contributed by atoms with E-state index in [0.717, 1.165) is 29.5 Å². The monoisotopic (exact) mass is 357 g/mol. The van der Waals surface area contributed by atoms with Crippen molar-refractivity contribution in [3.8, 4) is 0 Å². The van der Waals surface area contributed by atoms with Gasteiger partial charge in [-0.3, -0.25) is 4.79 Å². The van der Waals surface area contributed by atoms with E-state index in [1.807, 2.05) is 26.0 Å². The predicted molar refractivity (Wildman–Crippen MR) is 103 cm³/mol. The van der Waals surface area contributed by atoms with Gasteiger partial charge in [-0.25, -0.2) is 4.39 Å². The number of hydrogen-bond donors (Lipinski definition) is 1. The fraction of sp³-hybridized carbons (Fsp3) is 0.409. The summed E-state index contributed by atoms with van der Waals surface area (Å²) in [4.78, 5) is 11.7. The second-order valence-electron chi connectivity index (χ2n) is 6.29. The predicted octanol–water partition coefficient (Wildman–Crippen LogP) is 4.88. The van der Waals surface area contributed by atoms with E-state index in [1.165, 1.54) is 24.6 Å². The normalized spacial score (nSPS) is 17.9. The molecule has 0 saturated carbocycles. The van der Waals surface area contributed by atoms with Gasteiger partial charge in [0.1, 0.15) is 11.9 Å². The Morgan fingerprint density at radius 3 is 2.54 bits per heavy atom. The van der Waals surface area contributed by atoms with Gasteiger partial charge >= 0.3 is 5.97 Å². The Morgan fingerprint density at radius 1 is 1.15 bits per heavy atom. The lowest BCUT2D eigenvalue weighted by molar-refractivity contribution is -0.148. The fourth-order valence-electron chi connectivity index (χ4n) is 3.60. The molecule has 26 heavy (non-hydrogen) atoms. The zero-order valence-electron chi connectivity index (χ0n) is 15.8. The molecule has 4 heteroatoms. The topological polar surface area (TPSA) is 52.3 Å². The smallest absolute Gasteiger partial charge is 0.303 e. The van der Waals surface area contributed by atoms with Crippen molar-refractivity contribution < 1.29 is 13.9 Å². The molecule has 1 aliphatic carbocycles. The molecule has 0 bridgehead atoms.